The third kappa shape index (κ3) is 32.6. The summed E-state index contributed by atoms with van der Waals surface area (Å²) in [5, 5.41) is 2.05. The molecular weight excluding hydrogens is 984 g/mol. The minimum Gasteiger partial charge on any atom is -0.490 e. The van der Waals surface area contributed by atoms with Crippen LogP contribution in [0.5, 0.6) is 17.2 Å². The average molecular weight is 1100 g/mol. The first-order chi connectivity index (χ1) is 36.8. The van der Waals surface area contributed by atoms with Crippen LogP contribution in [0.2, 0.25) is 15.1 Å². The summed E-state index contributed by atoms with van der Waals surface area (Å²) in [5.41, 5.74) is 1.20. The van der Waals surface area contributed by atoms with Crippen molar-refractivity contribution in [1.82, 2.24) is 0 Å². The van der Waals surface area contributed by atoms with Gasteiger partial charge in [0.1, 0.15) is 23.3 Å². The highest BCUT2D eigenvalue weighted by Crippen LogP contribution is 2.42. The van der Waals surface area contributed by atoms with E-state index in [2.05, 4.69) is 39.8 Å². The summed E-state index contributed by atoms with van der Waals surface area (Å²) in [6.45, 7) is 12.9. The second-order valence-electron chi connectivity index (χ2n) is 22.7. The van der Waals surface area contributed by atoms with Gasteiger partial charge in [0.25, 0.3) is 0 Å². The van der Waals surface area contributed by atoms with Crippen LogP contribution in [-0.4, -0.2) is 31.4 Å². The Kier molecular flexibility index (Phi) is 41.0. The lowest BCUT2D eigenvalue weighted by molar-refractivity contribution is -0.958. The van der Waals surface area contributed by atoms with Gasteiger partial charge in [0.2, 0.25) is 0 Å². The standard InChI is InChI=1S/C67H112BCl3NO3/c1-5-9-13-17-21-25-29-33-37-41-45-66(65-59-62(71)50-55-67(65)75-68(73-63-51-46-60(69)47-52-63)74-64-53-48-61(70)49-54-64)72(56-42-38-34-30-26-22-18-14-10-6-2,57-43-39-35-31-27-23-19-15-11-7-3)58-44-40-36-32-28-24-20-16-12-8-4/h46-55,59,66H,5-45,56-58H2,1-4H3/q+1. The summed E-state index contributed by atoms with van der Waals surface area (Å²) in [4.78, 5) is 0. The van der Waals surface area contributed by atoms with Crippen LogP contribution >= 0.6 is 34.8 Å². The van der Waals surface area contributed by atoms with Crippen molar-refractivity contribution in [3.8, 4) is 17.2 Å². The van der Waals surface area contributed by atoms with E-state index < -0.39 is 7.32 Å². The van der Waals surface area contributed by atoms with Crippen LogP contribution in [0, 0.1) is 0 Å². The van der Waals surface area contributed by atoms with Crippen molar-refractivity contribution in [3.05, 3.63) is 87.4 Å². The van der Waals surface area contributed by atoms with Gasteiger partial charge in [-0.25, -0.2) is 0 Å². The number of hydrogen-bond donors (Lipinski definition) is 0. The highest BCUT2D eigenvalue weighted by molar-refractivity contribution is 6.39. The third-order valence-electron chi connectivity index (χ3n) is 16.0. The number of unbranched alkanes of at least 4 members (excludes halogenated alkanes) is 36. The number of benzene rings is 3. The first-order valence-electron chi connectivity index (χ1n) is 32.0. The van der Waals surface area contributed by atoms with Gasteiger partial charge in [-0.1, -0.05) is 274 Å². The van der Waals surface area contributed by atoms with Gasteiger partial charge in [-0.05, 0) is 112 Å². The number of rotatable bonds is 52. The molecule has 4 nitrogen and oxygen atoms in total. The van der Waals surface area contributed by atoms with E-state index in [0.29, 0.717) is 21.5 Å². The van der Waals surface area contributed by atoms with Gasteiger partial charge in [-0.2, -0.15) is 0 Å². The van der Waals surface area contributed by atoms with Crippen LogP contribution in [0.15, 0.2) is 66.7 Å². The van der Waals surface area contributed by atoms with Gasteiger partial charge in [0.05, 0.1) is 25.2 Å². The molecule has 0 bridgehead atoms. The number of hydrogen-bond acceptors (Lipinski definition) is 3. The summed E-state index contributed by atoms with van der Waals surface area (Å²) in [7, 11) is -1.07. The summed E-state index contributed by atoms with van der Waals surface area (Å²) >= 11 is 19.9. The molecule has 3 aromatic rings. The van der Waals surface area contributed by atoms with Gasteiger partial charge < -0.3 is 18.4 Å². The Morgan fingerprint density at radius 1 is 0.333 bits per heavy atom. The molecule has 426 valence electrons. The number of quaternary nitrogens is 1. The van der Waals surface area contributed by atoms with Crippen molar-refractivity contribution in [1.29, 1.82) is 0 Å². The number of halogens is 3. The molecule has 0 aliphatic rings. The monoisotopic (exact) mass is 1090 g/mol. The van der Waals surface area contributed by atoms with E-state index in [-0.39, 0.29) is 6.04 Å². The van der Waals surface area contributed by atoms with E-state index in [1.165, 1.54) is 282 Å². The molecule has 8 heteroatoms. The van der Waals surface area contributed by atoms with Crippen LogP contribution in [0.25, 0.3) is 0 Å². The molecule has 1 unspecified atom stereocenters. The molecule has 0 fully saturated rings. The normalized spacial score (nSPS) is 12.1. The zero-order valence-electron chi connectivity index (χ0n) is 48.9. The third-order valence-corrected chi connectivity index (χ3v) is 16.7. The van der Waals surface area contributed by atoms with Gasteiger partial charge in [-0.15, -0.1) is 0 Å². The first kappa shape index (κ1) is 67.2. The van der Waals surface area contributed by atoms with Crippen molar-refractivity contribution >= 4 is 42.1 Å². The second-order valence-corrected chi connectivity index (χ2v) is 24.0. The van der Waals surface area contributed by atoms with Crippen LogP contribution in [0.4, 0.5) is 0 Å². The lowest BCUT2D eigenvalue weighted by Gasteiger charge is -2.46. The molecule has 0 saturated heterocycles. The first-order valence-corrected chi connectivity index (χ1v) is 33.1. The molecule has 0 aromatic heterocycles. The molecule has 0 amide bonds. The Labute approximate surface area is 479 Å². The molecule has 3 aromatic carbocycles. The van der Waals surface area contributed by atoms with Crippen molar-refractivity contribution in [3.63, 3.8) is 0 Å². The fourth-order valence-electron chi connectivity index (χ4n) is 11.4. The summed E-state index contributed by atoms with van der Waals surface area (Å²) in [6.07, 6.45) is 55.0. The lowest BCUT2D eigenvalue weighted by Crippen LogP contribution is -2.53. The van der Waals surface area contributed by atoms with E-state index in [4.69, 9.17) is 48.8 Å². The van der Waals surface area contributed by atoms with E-state index in [1.807, 2.05) is 54.6 Å². The Hall–Kier alpha value is -2.05. The minimum absolute atomic E-state index is 0.232. The second kappa shape index (κ2) is 45.8. The molecule has 0 radical (unpaired) electrons. The molecule has 0 aliphatic heterocycles. The minimum atomic E-state index is -1.07. The van der Waals surface area contributed by atoms with Gasteiger partial charge in [-0.3, -0.25) is 0 Å². The van der Waals surface area contributed by atoms with E-state index in [0.717, 1.165) is 21.7 Å². The van der Waals surface area contributed by atoms with Crippen molar-refractivity contribution in [2.45, 2.75) is 297 Å². The molecule has 0 aliphatic carbocycles. The molecule has 0 saturated carbocycles. The average Bonchev–Trinajstić information content (AvgIpc) is 3.41. The van der Waals surface area contributed by atoms with Crippen molar-refractivity contribution in [2.75, 3.05) is 19.6 Å². The quantitative estimate of drug-likeness (QED) is 0.0320. The Morgan fingerprint density at radius 2 is 0.613 bits per heavy atom. The van der Waals surface area contributed by atoms with Crippen molar-refractivity contribution in [2.24, 2.45) is 0 Å². The maximum Gasteiger partial charge on any atom is 0.864 e. The largest absolute Gasteiger partial charge is 0.864 e. The lowest BCUT2D eigenvalue weighted by atomic mass is 9.92. The molecule has 3 rings (SSSR count). The Balaban J connectivity index is 2.04. The van der Waals surface area contributed by atoms with Gasteiger partial charge in [0, 0.05) is 21.5 Å². The fourth-order valence-corrected chi connectivity index (χ4v) is 11.8. The van der Waals surface area contributed by atoms with Gasteiger partial charge >= 0.3 is 7.32 Å². The van der Waals surface area contributed by atoms with Gasteiger partial charge in [0.15, 0.2) is 0 Å². The van der Waals surface area contributed by atoms with Crippen LogP contribution in [0.1, 0.15) is 303 Å². The molecular formula is C67H112BCl3NO3+. The zero-order valence-corrected chi connectivity index (χ0v) is 51.2. The molecule has 75 heavy (non-hydrogen) atoms. The van der Waals surface area contributed by atoms with E-state index >= 15 is 0 Å². The fraction of sp³-hybridized carbons (Fsp3) is 0.731. The maximum atomic E-state index is 7.20. The SMILES string of the molecule is CCCCCCCCCCCCC(c1cc(Cl)ccc1OB(Oc1ccc(Cl)cc1)Oc1ccc(Cl)cc1)[N+](CCCCCCCCCCCC)(CCCCCCCCCCCC)CCCCCCCCCCCC. The molecule has 0 heterocycles. The topological polar surface area (TPSA) is 27.7 Å². The maximum absolute atomic E-state index is 7.20. The predicted octanol–water partition coefficient (Wildman–Crippen LogP) is 24.1. The highest BCUT2D eigenvalue weighted by atomic mass is 35.5. The van der Waals surface area contributed by atoms with Crippen LogP contribution < -0.4 is 14.0 Å². The van der Waals surface area contributed by atoms with E-state index in [1.54, 1.807) is 0 Å². The number of nitrogens with zero attached hydrogens (tertiary/aromatic N) is 1. The van der Waals surface area contributed by atoms with Crippen molar-refractivity contribution < 1.29 is 18.4 Å². The summed E-state index contributed by atoms with van der Waals surface area (Å²) < 4.78 is 21.3. The van der Waals surface area contributed by atoms with Crippen LogP contribution in [-0.2, 0) is 0 Å². The molecule has 1 atom stereocenters. The van der Waals surface area contributed by atoms with E-state index in [9.17, 15) is 0 Å². The predicted molar refractivity (Wildman–Crippen MR) is 332 cm³/mol. The Morgan fingerprint density at radius 3 is 0.933 bits per heavy atom. The summed E-state index contributed by atoms with van der Waals surface area (Å²) in [6, 6.07) is 21.4. The summed E-state index contributed by atoms with van der Waals surface area (Å²) in [5.74, 6) is 2.02. The molecule has 0 spiro atoms. The highest BCUT2D eigenvalue weighted by Gasteiger charge is 2.40. The zero-order chi connectivity index (χ0) is 53.7. The van der Waals surface area contributed by atoms with Crippen LogP contribution in [0.3, 0.4) is 0 Å². The molecule has 0 N–H and O–H groups in total. The Bertz CT molecular complexity index is 1640. The smallest absolute Gasteiger partial charge is 0.490 e.